The van der Waals surface area contributed by atoms with Gasteiger partial charge in [0.2, 0.25) is 10.0 Å². The summed E-state index contributed by atoms with van der Waals surface area (Å²) in [5.74, 6) is 0.0183. The van der Waals surface area contributed by atoms with Gasteiger partial charge in [-0.1, -0.05) is 54.8 Å². The minimum atomic E-state index is -3.63. The fourth-order valence-corrected chi connectivity index (χ4v) is 5.29. The summed E-state index contributed by atoms with van der Waals surface area (Å²) >= 11 is 6.21. The van der Waals surface area contributed by atoms with Gasteiger partial charge in [-0.05, 0) is 56.4 Å². The zero-order valence-corrected chi connectivity index (χ0v) is 19.2. The zero-order valence-electron chi connectivity index (χ0n) is 17.6. The number of carbonyl (C=O) groups is 1. The van der Waals surface area contributed by atoms with Gasteiger partial charge in [0.15, 0.2) is 6.61 Å². The molecule has 0 radical (unpaired) electrons. The van der Waals surface area contributed by atoms with Gasteiger partial charge in [0.1, 0.15) is 5.75 Å². The van der Waals surface area contributed by atoms with Crippen molar-refractivity contribution in [2.75, 3.05) is 6.61 Å². The van der Waals surface area contributed by atoms with Crippen molar-refractivity contribution in [3.8, 4) is 5.75 Å². The Morgan fingerprint density at radius 2 is 1.87 bits per heavy atom. The SMILES string of the molecule is C[C@@H](CCc1ccccc1)NC(=O)COc1ccc(S(=O)(=O)NC2CCCC2)cc1Cl. The van der Waals surface area contributed by atoms with Crippen molar-refractivity contribution in [2.45, 2.75) is 62.4 Å². The second-order valence-electron chi connectivity index (χ2n) is 7.98. The number of nitrogens with one attached hydrogen (secondary N) is 2. The van der Waals surface area contributed by atoms with Crippen molar-refractivity contribution in [1.82, 2.24) is 10.0 Å². The molecule has 1 saturated carbocycles. The fraction of sp³-hybridized carbons (Fsp3) is 0.435. The van der Waals surface area contributed by atoms with Gasteiger partial charge in [0, 0.05) is 12.1 Å². The number of rotatable bonds is 10. The van der Waals surface area contributed by atoms with Gasteiger partial charge < -0.3 is 10.1 Å². The number of halogens is 1. The van der Waals surface area contributed by atoms with E-state index in [2.05, 4.69) is 22.2 Å². The first-order valence-corrected chi connectivity index (χ1v) is 12.5. The quantitative estimate of drug-likeness (QED) is 0.555. The number of hydrogen-bond donors (Lipinski definition) is 2. The van der Waals surface area contributed by atoms with Gasteiger partial charge in [-0.25, -0.2) is 13.1 Å². The summed E-state index contributed by atoms with van der Waals surface area (Å²) < 4.78 is 33.3. The third-order valence-corrected chi connectivity index (χ3v) is 7.18. The Balaban J connectivity index is 1.47. The Labute approximate surface area is 189 Å². The number of benzene rings is 2. The lowest BCUT2D eigenvalue weighted by molar-refractivity contribution is -0.123. The lowest BCUT2D eigenvalue weighted by atomic mass is 10.1. The van der Waals surface area contributed by atoms with E-state index in [0.717, 1.165) is 38.5 Å². The van der Waals surface area contributed by atoms with Gasteiger partial charge >= 0.3 is 0 Å². The molecule has 0 unspecified atom stereocenters. The minimum Gasteiger partial charge on any atom is -0.482 e. The average molecular weight is 465 g/mol. The summed E-state index contributed by atoms with van der Waals surface area (Å²) in [5, 5.41) is 3.05. The van der Waals surface area contributed by atoms with Gasteiger partial charge in [-0.3, -0.25) is 4.79 Å². The van der Waals surface area contributed by atoms with E-state index in [9.17, 15) is 13.2 Å². The highest BCUT2D eigenvalue weighted by Gasteiger charge is 2.23. The van der Waals surface area contributed by atoms with Crippen LogP contribution in [0.25, 0.3) is 0 Å². The maximum Gasteiger partial charge on any atom is 0.258 e. The molecular formula is C23H29ClN2O4S. The molecule has 0 aromatic heterocycles. The third-order valence-electron chi connectivity index (χ3n) is 5.37. The Morgan fingerprint density at radius 1 is 1.16 bits per heavy atom. The normalized spacial score (nSPS) is 15.5. The lowest BCUT2D eigenvalue weighted by Gasteiger charge is -2.15. The molecule has 0 aliphatic heterocycles. The number of amides is 1. The van der Waals surface area contributed by atoms with Crippen molar-refractivity contribution in [2.24, 2.45) is 0 Å². The summed E-state index contributed by atoms with van der Waals surface area (Å²) in [5.41, 5.74) is 1.23. The molecule has 3 rings (SSSR count). The molecule has 31 heavy (non-hydrogen) atoms. The second-order valence-corrected chi connectivity index (χ2v) is 10.1. The predicted octanol–water partition coefficient (Wildman–Crippen LogP) is 4.08. The molecule has 8 heteroatoms. The van der Waals surface area contributed by atoms with E-state index in [1.807, 2.05) is 25.1 Å². The van der Waals surface area contributed by atoms with Crippen LogP contribution in [0.2, 0.25) is 5.02 Å². The molecule has 2 N–H and O–H groups in total. The Bertz CT molecular complexity index is 976. The van der Waals surface area contributed by atoms with Gasteiger partial charge in [-0.15, -0.1) is 0 Å². The molecule has 2 aromatic carbocycles. The molecular weight excluding hydrogens is 436 g/mol. The van der Waals surface area contributed by atoms with Crippen molar-refractivity contribution >= 4 is 27.5 Å². The topological polar surface area (TPSA) is 84.5 Å². The maximum atomic E-state index is 12.5. The largest absolute Gasteiger partial charge is 0.482 e. The first-order valence-electron chi connectivity index (χ1n) is 10.6. The second kappa shape index (κ2) is 11.0. The van der Waals surface area contributed by atoms with Crippen LogP contribution in [0.1, 0.15) is 44.6 Å². The molecule has 1 atom stereocenters. The van der Waals surface area contributed by atoms with Crippen LogP contribution in [-0.2, 0) is 21.2 Å². The molecule has 0 spiro atoms. The Morgan fingerprint density at radius 3 is 2.55 bits per heavy atom. The van der Waals surface area contributed by atoms with Crippen molar-refractivity contribution in [3.05, 3.63) is 59.1 Å². The van der Waals surface area contributed by atoms with E-state index in [4.69, 9.17) is 16.3 Å². The van der Waals surface area contributed by atoms with E-state index < -0.39 is 10.0 Å². The smallest absolute Gasteiger partial charge is 0.258 e. The van der Waals surface area contributed by atoms with Crippen LogP contribution in [0.5, 0.6) is 5.75 Å². The van der Waals surface area contributed by atoms with Crippen LogP contribution in [0.3, 0.4) is 0 Å². The van der Waals surface area contributed by atoms with Crippen LogP contribution in [0.4, 0.5) is 0 Å². The third kappa shape index (κ3) is 7.23. The number of hydrogen-bond acceptors (Lipinski definition) is 4. The number of aryl methyl sites for hydroxylation is 1. The molecule has 0 bridgehead atoms. The number of sulfonamides is 1. The monoisotopic (exact) mass is 464 g/mol. The summed E-state index contributed by atoms with van der Waals surface area (Å²) in [6.07, 6.45) is 5.47. The van der Waals surface area contributed by atoms with E-state index in [1.165, 1.54) is 23.8 Å². The molecule has 0 saturated heterocycles. The van der Waals surface area contributed by atoms with Gasteiger partial charge in [0.05, 0.1) is 9.92 Å². The Hall–Kier alpha value is -2.09. The zero-order chi connectivity index (χ0) is 22.3. The number of ether oxygens (including phenoxy) is 1. The van der Waals surface area contributed by atoms with Crippen LogP contribution in [0, 0.1) is 0 Å². The van der Waals surface area contributed by atoms with Crippen molar-refractivity contribution in [3.63, 3.8) is 0 Å². The van der Waals surface area contributed by atoms with Crippen LogP contribution >= 0.6 is 11.6 Å². The van der Waals surface area contributed by atoms with E-state index in [-0.39, 0.29) is 40.3 Å². The molecule has 1 fully saturated rings. The van der Waals surface area contributed by atoms with Crippen LogP contribution in [0.15, 0.2) is 53.4 Å². The molecule has 6 nitrogen and oxygen atoms in total. The van der Waals surface area contributed by atoms with E-state index in [1.54, 1.807) is 0 Å². The molecule has 0 heterocycles. The van der Waals surface area contributed by atoms with Gasteiger partial charge in [0.25, 0.3) is 5.91 Å². The summed E-state index contributed by atoms with van der Waals surface area (Å²) in [4.78, 5) is 12.3. The fourth-order valence-electron chi connectivity index (χ4n) is 3.66. The van der Waals surface area contributed by atoms with E-state index in [0.29, 0.717) is 0 Å². The first-order chi connectivity index (χ1) is 14.8. The van der Waals surface area contributed by atoms with Crippen molar-refractivity contribution < 1.29 is 17.9 Å². The number of carbonyl (C=O) groups excluding carboxylic acids is 1. The highest BCUT2D eigenvalue weighted by Crippen LogP contribution is 2.28. The summed E-state index contributed by atoms with van der Waals surface area (Å²) in [7, 11) is -3.63. The van der Waals surface area contributed by atoms with Crippen LogP contribution in [-0.4, -0.2) is 33.0 Å². The van der Waals surface area contributed by atoms with Gasteiger partial charge in [-0.2, -0.15) is 0 Å². The molecule has 1 aliphatic rings. The van der Waals surface area contributed by atoms with E-state index >= 15 is 0 Å². The minimum absolute atomic E-state index is 0.000888. The standard InChI is InChI=1S/C23H29ClN2O4S/c1-17(11-12-18-7-3-2-4-8-18)25-23(27)16-30-22-14-13-20(15-21(22)24)31(28,29)26-19-9-5-6-10-19/h2-4,7-8,13-15,17,19,26H,5-6,9-12,16H2,1H3,(H,25,27)/t17-/m0/s1. The average Bonchev–Trinajstić information content (AvgIpc) is 3.24. The lowest BCUT2D eigenvalue weighted by Crippen LogP contribution is -2.36. The highest BCUT2D eigenvalue weighted by molar-refractivity contribution is 7.89. The summed E-state index contributed by atoms with van der Waals surface area (Å²) in [6, 6.07) is 14.4. The maximum absolute atomic E-state index is 12.5. The first kappa shape index (κ1) is 23.6. The molecule has 168 valence electrons. The Kier molecular flexibility index (Phi) is 8.35. The predicted molar refractivity (Wildman–Crippen MR) is 122 cm³/mol. The van der Waals surface area contributed by atoms with Crippen LogP contribution < -0.4 is 14.8 Å². The molecule has 1 aliphatic carbocycles. The molecule has 1 amide bonds. The molecule has 2 aromatic rings. The highest BCUT2D eigenvalue weighted by atomic mass is 35.5. The summed E-state index contributed by atoms with van der Waals surface area (Å²) in [6.45, 7) is 1.76. The van der Waals surface area contributed by atoms with Crippen molar-refractivity contribution in [1.29, 1.82) is 0 Å².